The summed E-state index contributed by atoms with van der Waals surface area (Å²) in [6.45, 7) is 3.06. The van der Waals surface area contributed by atoms with E-state index < -0.39 is 0 Å². The summed E-state index contributed by atoms with van der Waals surface area (Å²) in [5, 5.41) is 2.85. The van der Waals surface area contributed by atoms with Crippen molar-refractivity contribution in [2.24, 2.45) is 0 Å². The minimum Gasteiger partial charge on any atom is -0.493 e. The molecule has 2 aromatic rings. The molecule has 0 aliphatic carbocycles. The number of para-hydroxylation sites is 1. The average Bonchev–Trinajstić information content (AvgIpc) is 2.53. The molecule has 0 aliphatic rings. The number of hydrogen-bond acceptors (Lipinski definition) is 2. The molecule has 3 nitrogen and oxygen atoms in total. The minimum absolute atomic E-state index is 0.120. The van der Waals surface area contributed by atoms with E-state index in [1.54, 1.807) is 6.08 Å². The molecule has 0 fully saturated rings. The van der Waals surface area contributed by atoms with Gasteiger partial charge in [-0.15, -0.1) is 0 Å². The predicted molar refractivity (Wildman–Crippen MR) is 84.9 cm³/mol. The maximum absolute atomic E-state index is 11.8. The molecule has 0 saturated heterocycles. The summed E-state index contributed by atoms with van der Waals surface area (Å²) >= 11 is 0. The summed E-state index contributed by atoms with van der Waals surface area (Å²) in [5.41, 5.74) is 1.98. The Kier molecular flexibility index (Phi) is 5.59. The fraction of sp³-hybridized carbons (Fsp3) is 0.167. The molecule has 3 heteroatoms. The number of benzene rings is 2. The highest BCUT2D eigenvalue weighted by atomic mass is 16.5. The maximum atomic E-state index is 11.8. The van der Waals surface area contributed by atoms with Gasteiger partial charge >= 0.3 is 0 Å². The van der Waals surface area contributed by atoms with Gasteiger partial charge in [0.25, 0.3) is 0 Å². The van der Waals surface area contributed by atoms with Gasteiger partial charge in [0.1, 0.15) is 5.75 Å². The second-order valence-electron chi connectivity index (χ2n) is 4.51. The molecule has 0 aliphatic heterocycles. The average molecular weight is 281 g/mol. The van der Waals surface area contributed by atoms with Gasteiger partial charge in [-0.05, 0) is 24.6 Å². The van der Waals surface area contributed by atoms with Crippen LogP contribution in [0.15, 0.2) is 60.7 Å². The first-order valence-corrected chi connectivity index (χ1v) is 7.01. The SMILES string of the molecule is CCOc1ccccc1/C=C/C(=O)NCc1ccccc1. The molecule has 1 N–H and O–H groups in total. The molecule has 0 bridgehead atoms. The van der Waals surface area contributed by atoms with E-state index >= 15 is 0 Å². The second-order valence-corrected chi connectivity index (χ2v) is 4.51. The lowest BCUT2D eigenvalue weighted by Crippen LogP contribution is -2.20. The number of rotatable bonds is 6. The summed E-state index contributed by atoms with van der Waals surface area (Å²) in [6, 6.07) is 17.5. The Hall–Kier alpha value is -2.55. The number of carbonyl (C=O) groups excluding carboxylic acids is 1. The van der Waals surface area contributed by atoms with Crippen LogP contribution in [0.1, 0.15) is 18.1 Å². The van der Waals surface area contributed by atoms with Crippen molar-refractivity contribution in [2.75, 3.05) is 6.61 Å². The lowest BCUT2D eigenvalue weighted by atomic mass is 10.2. The number of carbonyl (C=O) groups is 1. The Morgan fingerprint density at radius 2 is 1.81 bits per heavy atom. The lowest BCUT2D eigenvalue weighted by Gasteiger charge is -2.06. The van der Waals surface area contributed by atoms with Crippen molar-refractivity contribution in [2.45, 2.75) is 13.5 Å². The topological polar surface area (TPSA) is 38.3 Å². The molecule has 1 amide bonds. The van der Waals surface area contributed by atoms with Crippen LogP contribution in [0.25, 0.3) is 6.08 Å². The van der Waals surface area contributed by atoms with Crippen molar-refractivity contribution < 1.29 is 9.53 Å². The van der Waals surface area contributed by atoms with Gasteiger partial charge < -0.3 is 10.1 Å². The number of hydrogen-bond donors (Lipinski definition) is 1. The van der Waals surface area contributed by atoms with Gasteiger partial charge in [0.2, 0.25) is 5.91 Å². The zero-order valence-electron chi connectivity index (χ0n) is 12.1. The van der Waals surface area contributed by atoms with Crippen molar-refractivity contribution in [3.8, 4) is 5.75 Å². The van der Waals surface area contributed by atoms with Gasteiger partial charge in [-0.3, -0.25) is 4.79 Å². The van der Waals surface area contributed by atoms with Gasteiger partial charge in [-0.2, -0.15) is 0 Å². The standard InChI is InChI=1S/C18H19NO2/c1-2-21-17-11-7-6-10-16(17)12-13-18(20)19-14-15-8-4-3-5-9-15/h3-13H,2,14H2,1H3,(H,19,20)/b13-12+. The fourth-order valence-corrected chi connectivity index (χ4v) is 1.91. The molecule has 0 unspecified atom stereocenters. The van der Waals surface area contributed by atoms with Crippen LogP contribution >= 0.6 is 0 Å². The Morgan fingerprint density at radius 3 is 2.57 bits per heavy atom. The highest BCUT2D eigenvalue weighted by Crippen LogP contribution is 2.19. The van der Waals surface area contributed by atoms with Crippen molar-refractivity contribution >= 4 is 12.0 Å². The van der Waals surface area contributed by atoms with Crippen molar-refractivity contribution in [3.05, 3.63) is 71.8 Å². The van der Waals surface area contributed by atoms with Gasteiger partial charge in [0.15, 0.2) is 0 Å². The minimum atomic E-state index is -0.120. The zero-order chi connectivity index (χ0) is 14.9. The van der Waals surface area contributed by atoms with Crippen LogP contribution in [0.5, 0.6) is 5.75 Å². The third kappa shape index (κ3) is 4.80. The van der Waals surface area contributed by atoms with E-state index in [4.69, 9.17) is 4.74 Å². The maximum Gasteiger partial charge on any atom is 0.244 e. The van der Waals surface area contributed by atoms with Gasteiger partial charge in [-0.1, -0.05) is 48.5 Å². The fourth-order valence-electron chi connectivity index (χ4n) is 1.91. The Morgan fingerprint density at radius 1 is 1.10 bits per heavy atom. The summed E-state index contributed by atoms with van der Waals surface area (Å²) in [5.74, 6) is 0.664. The molecule has 108 valence electrons. The number of ether oxygens (including phenoxy) is 1. The quantitative estimate of drug-likeness (QED) is 0.824. The number of amides is 1. The normalized spacial score (nSPS) is 10.5. The van der Waals surface area contributed by atoms with Gasteiger partial charge in [0, 0.05) is 18.2 Å². The van der Waals surface area contributed by atoms with Crippen LogP contribution in [0.4, 0.5) is 0 Å². The van der Waals surface area contributed by atoms with Crippen LogP contribution in [0, 0.1) is 0 Å². The van der Waals surface area contributed by atoms with E-state index in [0.29, 0.717) is 13.2 Å². The Bertz CT molecular complexity index is 606. The highest BCUT2D eigenvalue weighted by molar-refractivity contribution is 5.92. The summed E-state index contributed by atoms with van der Waals surface area (Å²) < 4.78 is 5.52. The third-order valence-electron chi connectivity index (χ3n) is 2.94. The lowest BCUT2D eigenvalue weighted by molar-refractivity contribution is -0.116. The van der Waals surface area contributed by atoms with Crippen LogP contribution < -0.4 is 10.1 Å². The number of nitrogens with one attached hydrogen (secondary N) is 1. The van der Waals surface area contributed by atoms with Crippen LogP contribution in [-0.2, 0) is 11.3 Å². The molecule has 0 aromatic heterocycles. The van der Waals surface area contributed by atoms with Crippen LogP contribution in [0.2, 0.25) is 0 Å². The first-order chi connectivity index (χ1) is 10.3. The largest absolute Gasteiger partial charge is 0.493 e. The molecular weight excluding hydrogens is 262 g/mol. The monoisotopic (exact) mass is 281 g/mol. The van der Waals surface area contributed by atoms with Gasteiger partial charge in [0.05, 0.1) is 6.61 Å². The molecule has 21 heavy (non-hydrogen) atoms. The molecular formula is C18H19NO2. The Balaban J connectivity index is 1.93. The molecule has 2 aromatic carbocycles. The summed E-state index contributed by atoms with van der Waals surface area (Å²) in [4.78, 5) is 11.8. The van der Waals surface area contributed by atoms with E-state index in [9.17, 15) is 4.79 Å². The van der Waals surface area contributed by atoms with E-state index in [-0.39, 0.29) is 5.91 Å². The van der Waals surface area contributed by atoms with E-state index in [2.05, 4.69) is 5.32 Å². The Labute approximate surface area is 125 Å². The first-order valence-electron chi connectivity index (χ1n) is 7.01. The van der Waals surface area contributed by atoms with Crippen LogP contribution in [0.3, 0.4) is 0 Å². The molecule has 0 radical (unpaired) electrons. The molecule has 0 spiro atoms. The van der Waals surface area contributed by atoms with Crippen molar-refractivity contribution in [3.63, 3.8) is 0 Å². The zero-order valence-corrected chi connectivity index (χ0v) is 12.1. The molecule has 0 heterocycles. The van der Waals surface area contributed by atoms with Gasteiger partial charge in [-0.25, -0.2) is 0 Å². The van der Waals surface area contributed by atoms with E-state index in [0.717, 1.165) is 16.9 Å². The molecule has 0 atom stereocenters. The van der Waals surface area contributed by atoms with Crippen molar-refractivity contribution in [1.29, 1.82) is 0 Å². The predicted octanol–water partition coefficient (Wildman–Crippen LogP) is 3.41. The van der Waals surface area contributed by atoms with E-state index in [1.807, 2.05) is 61.5 Å². The van der Waals surface area contributed by atoms with Crippen LogP contribution in [-0.4, -0.2) is 12.5 Å². The summed E-state index contributed by atoms with van der Waals surface area (Å²) in [6.07, 6.45) is 3.30. The molecule has 0 saturated carbocycles. The molecule has 2 rings (SSSR count). The van der Waals surface area contributed by atoms with E-state index in [1.165, 1.54) is 6.08 Å². The summed E-state index contributed by atoms with van der Waals surface area (Å²) in [7, 11) is 0. The van der Waals surface area contributed by atoms with Crippen molar-refractivity contribution in [1.82, 2.24) is 5.32 Å². The highest BCUT2D eigenvalue weighted by Gasteiger charge is 2.00. The second kappa shape index (κ2) is 7.90. The third-order valence-corrected chi connectivity index (χ3v) is 2.94. The first kappa shape index (κ1) is 14.9. The smallest absolute Gasteiger partial charge is 0.244 e.